The SMILES string of the molecule is CONC(=O)c1ccnn1C. The van der Waals surface area contributed by atoms with Crippen LogP contribution in [0.4, 0.5) is 0 Å². The Morgan fingerprint density at radius 1 is 1.82 bits per heavy atom. The monoisotopic (exact) mass is 155 g/mol. The van der Waals surface area contributed by atoms with Gasteiger partial charge in [0.1, 0.15) is 5.69 Å². The van der Waals surface area contributed by atoms with E-state index in [9.17, 15) is 4.79 Å². The first kappa shape index (κ1) is 7.74. The van der Waals surface area contributed by atoms with Crippen molar-refractivity contribution in [1.29, 1.82) is 0 Å². The average Bonchev–Trinajstić information content (AvgIpc) is 2.36. The zero-order chi connectivity index (χ0) is 8.27. The molecule has 0 aliphatic carbocycles. The molecule has 11 heavy (non-hydrogen) atoms. The van der Waals surface area contributed by atoms with E-state index in [0.29, 0.717) is 5.69 Å². The van der Waals surface area contributed by atoms with E-state index in [1.165, 1.54) is 11.8 Å². The molecule has 0 aromatic carbocycles. The predicted octanol–water partition coefficient (Wildman–Crippen LogP) is -0.289. The molecular weight excluding hydrogens is 146 g/mol. The Hall–Kier alpha value is -1.36. The number of hydrogen-bond donors (Lipinski definition) is 1. The van der Waals surface area contributed by atoms with Crippen LogP contribution in [-0.4, -0.2) is 22.8 Å². The molecule has 5 heteroatoms. The maximum atomic E-state index is 11.0. The molecule has 0 aliphatic heterocycles. The number of rotatable bonds is 2. The van der Waals surface area contributed by atoms with Gasteiger partial charge >= 0.3 is 0 Å². The van der Waals surface area contributed by atoms with Gasteiger partial charge in [0.25, 0.3) is 5.91 Å². The molecule has 0 aliphatic rings. The van der Waals surface area contributed by atoms with Crippen LogP contribution < -0.4 is 5.48 Å². The minimum Gasteiger partial charge on any atom is -0.277 e. The highest BCUT2D eigenvalue weighted by Crippen LogP contribution is 1.94. The van der Waals surface area contributed by atoms with Crippen LogP contribution in [-0.2, 0) is 11.9 Å². The summed E-state index contributed by atoms with van der Waals surface area (Å²) in [6.45, 7) is 0. The van der Waals surface area contributed by atoms with Crippen LogP contribution in [0.3, 0.4) is 0 Å². The number of nitrogens with zero attached hydrogens (tertiary/aromatic N) is 2. The zero-order valence-corrected chi connectivity index (χ0v) is 6.37. The van der Waals surface area contributed by atoms with E-state index in [2.05, 4.69) is 15.4 Å². The Morgan fingerprint density at radius 2 is 2.55 bits per heavy atom. The summed E-state index contributed by atoms with van der Waals surface area (Å²) in [5.74, 6) is -0.299. The molecule has 60 valence electrons. The summed E-state index contributed by atoms with van der Waals surface area (Å²) in [7, 11) is 3.07. The van der Waals surface area contributed by atoms with E-state index >= 15 is 0 Å². The van der Waals surface area contributed by atoms with Crippen molar-refractivity contribution in [1.82, 2.24) is 15.3 Å². The van der Waals surface area contributed by atoms with Gasteiger partial charge in [0.15, 0.2) is 0 Å². The fourth-order valence-corrected chi connectivity index (χ4v) is 0.742. The van der Waals surface area contributed by atoms with E-state index in [-0.39, 0.29) is 5.91 Å². The van der Waals surface area contributed by atoms with E-state index in [0.717, 1.165) is 0 Å². The number of hydroxylamine groups is 1. The van der Waals surface area contributed by atoms with E-state index in [1.807, 2.05) is 0 Å². The van der Waals surface area contributed by atoms with Gasteiger partial charge < -0.3 is 0 Å². The number of aryl methyl sites for hydroxylation is 1. The topological polar surface area (TPSA) is 56.1 Å². The van der Waals surface area contributed by atoms with E-state index in [1.54, 1.807) is 19.3 Å². The van der Waals surface area contributed by atoms with Crippen LogP contribution >= 0.6 is 0 Å². The van der Waals surface area contributed by atoms with Gasteiger partial charge in [0.05, 0.1) is 7.11 Å². The van der Waals surface area contributed by atoms with Gasteiger partial charge in [-0.2, -0.15) is 5.10 Å². The molecule has 1 heterocycles. The van der Waals surface area contributed by atoms with Crippen molar-refractivity contribution in [2.45, 2.75) is 0 Å². The van der Waals surface area contributed by atoms with Crippen LogP contribution in [0.5, 0.6) is 0 Å². The number of hydrogen-bond acceptors (Lipinski definition) is 3. The molecule has 1 N–H and O–H groups in total. The second-order valence-electron chi connectivity index (χ2n) is 1.98. The molecule has 0 saturated carbocycles. The van der Waals surface area contributed by atoms with Crippen molar-refractivity contribution in [3.63, 3.8) is 0 Å². The summed E-state index contributed by atoms with van der Waals surface area (Å²) in [6.07, 6.45) is 1.55. The van der Waals surface area contributed by atoms with Crippen LogP contribution in [0.1, 0.15) is 10.5 Å². The maximum absolute atomic E-state index is 11.0. The van der Waals surface area contributed by atoms with Crippen molar-refractivity contribution in [2.24, 2.45) is 7.05 Å². The minimum atomic E-state index is -0.299. The highest BCUT2D eigenvalue weighted by atomic mass is 16.6. The Kier molecular flexibility index (Phi) is 2.22. The summed E-state index contributed by atoms with van der Waals surface area (Å²) in [5, 5.41) is 3.82. The van der Waals surface area contributed by atoms with Crippen molar-refractivity contribution in [2.75, 3.05) is 7.11 Å². The third-order valence-corrected chi connectivity index (χ3v) is 1.25. The van der Waals surface area contributed by atoms with Crippen molar-refractivity contribution in [3.05, 3.63) is 18.0 Å². The van der Waals surface area contributed by atoms with Gasteiger partial charge in [-0.05, 0) is 6.07 Å². The van der Waals surface area contributed by atoms with Gasteiger partial charge in [-0.15, -0.1) is 0 Å². The highest BCUT2D eigenvalue weighted by Gasteiger charge is 2.07. The van der Waals surface area contributed by atoms with Crippen molar-refractivity contribution in [3.8, 4) is 0 Å². The second-order valence-corrected chi connectivity index (χ2v) is 1.98. The quantitative estimate of drug-likeness (QED) is 0.597. The predicted molar refractivity (Wildman–Crippen MR) is 37.7 cm³/mol. The fraction of sp³-hybridized carbons (Fsp3) is 0.333. The Morgan fingerprint density at radius 3 is 3.00 bits per heavy atom. The van der Waals surface area contributed by atoms with Gasteiger partial charge in [0, 0.05) is 13.2 Å². The van der Waals surface area contributed by atoms with Crippen molar-refractivity contribution >= 4 is 5.91 Å². The van der Waals surface area contributed by atoms with Crippen LogP contribution in [0.2, 0.25) is 0 Å². The Bertz CT molecular complexity index is 256. The number of carbonyl (C=O) groups is 1. The third-order valence-electron chi connectivity index (χ3n) is 1.25. The van der Waals surface area contributed by atoms with Crippen LogP contribution in [0, 0.1) is 0 Å². The Balaban J connectivity index is 2.76. The summed E-state index contributed by atoms with van der Waals surface area (Å²) < 4.78 is 1.47. The molecule has 0 unspecified atom stereocenters. The lowest BCUT2D eigenvalue weighted by molar-refractivity contribution is 0.0528. The maximum Gasteiger partial charge on any atom is 0.293 e. The van der Waals surface area contributed by atoms with Gasteiger partial charge in [-0.25, -0.2) is 5.48 Å². The second kappa shape index (κ2) is 3.16. The lowest BCUT2D eigenvalue weighted by atomic mass is 10.4. The van der Waals surface area contributed by atoms with E-state index in [4.69, 9.17) is 0 Å². The van der Waals surface area contributed by atoms with E-state index < -0.39 is 0 Å². The molecule has 1 aromatic heterocycles. The first-order valence-corrected chi connectivity index (χ1v) is 3.07. The summed E-state index contributed by atoms with van der Waals surface area (Å²) in [6, 6.07) is 1.61. The molecule has 0 fully saturated rings. The highest BCUT2D eigenvalue weighted by molar-refractivity contribution is 5.91. The molecule has 0 atom stereocenters. The average molecular weight is 155 g/mol. The third kappa shape index (κ3) is 1.56. The number of nitrogens with one attached hydrogen (secondary N) is 1. The Labute approximate surface area is 63.9 Å². The first-order valence-electron chi connectivity index (χ1n) is 3.07. The molecule has 0 bridgehead atoms. The van der Waals surface area contributed by atoms with Crippen LogP contribution in [0.25, 0.3) is 0 Å². The van der Waals surface area contributed by atoms with Gasteiger partial charge in [-0.1, -0.05) is 0 Å². The van der Waals surface area contributed by atoms with Gasteiger partial charge in [0.2, 0.25) is 0 Å². The zero-order valence-electron chi connectivity index (χ0n) is 6.37. The smallest absolute Gasteiger partial charge is 0.277 e. The van der Waals surface area contributed by atoms with Crippen LogP contribution in [0.15, 0.2) is 12.3 Å². The van der Waals surface area contributed by atoms with Gasteiger partial charge in [-0.3, -0.25) is 14.3 Å². The number of carbonyl (C=O) groups excluding carboxylic acids is 1. The largest absolute Gasteiger partial charge is 0.293 e. The normalized spacial score (nSPS) is 9.64. The summed E-state index contributed by atoms with van der Waals surface area (Å²) in [4.78, 5) is 15.5. The summed E-state index contributed by atoms with van der Waals surface area (Å²) in [5.41, 5.74) is 2.65. The number of aromatic nitrogens is 2. The molecule has 1 amide bonds. The number of amides is 1. The van der Waals surface area contributed by atoms with Crippen molar-refractivity contribution < 1.29 is 9.63 Å². The standard InChI is InChI=1S/C6H9N3O2/c1-9-5(3-4-7-9)6(10)8-11-2/h3-4H,1-2H3,(H,8,10). The molecule has 0 saturated heterocycles. The lowest BCUT2D eigenvalue weighted by Crippen LogP contribution is -2.24. The summed E-state index contributed by atoms with van der Waals surface area (Å²) >= 11 is 0. The molecule has 0 radical (unpaired) electrons. The molecular formula is C6H9N3O2. The lowest BCUT2D eigenvalue weighted by Gasteiger charge is -2.00. The minimum absolute atomic E-state index is 0.299. The molecule has 5 nitrogen and oxygen atoms in total. The molecule has 1 aromatic rings. The molecule has 0 spiro atoms. The fourth-order valence-electron chi connectivity index (χ4n) is 0.742. The molecule has 1 rings (SSSR count). The first-order chi connectivity index (χ1) is 5.25.